The number of carbonyl (C=O) groups excluding carboxylic acids is 1. The summed E-state index contributed by atoms with van der Waals surface area (Å²) in [6.45, 7) is 7.12. The lowest BCUT2D eigenvalue weighted by atomic mass is 9.55. The highest BCUT2D eigenvalue weighted by atomic mass is 16.7. The van der Waals surface area contributed by atoms with Crippen LogP contribution in [0.5, 0.6) is 17.2 Å². The Morgan fingerprint density at radius 3 is 2.25 bits per heavy atom. The Labute approximate surface area is 394 Å². The third-order valence-electron chi connectivity index (χ3n) is 13.5. The van der Waals surface area contributed by atoms with Crippen LogP contribution in [0.2, 0.25) is 0 Å². The first-order valence-electron chi connectivity index (χ1n) is 23.8. The van der Waals surface area contributed by atoms with E-state index in [2.05, 4.69) is 49.1 Å². The summed E-state index contributed by atoms with van der Waals surface area (Å²) in [7, 11) is 0. The molecule has 0 saturated heterocycles. The van der Waals surface area contributed by atoms with Crippen LogP contribution in [0.3, 0.4) is 0 Å². The van der Waals surface area contributed by atoms with Gasteiger partial charge in [0.1, 0.15) is 29.9 Å². The first-order valence-corrected chi connectivity index (χ1v) is 23.8. The van der Waals surface area contributed by atoms with Crippen molar-refractivity contribution in [2.75, 3.05) is 26.4 Å². The Balaban J connectivity index is 1.30. The van der Waals surface area contributed by atoms with Gasteiger partial charge in [0.05, 0.1) is 29.9 Å². The molecule has 6 atom stereocenters. The van der Waals surface area contributed by atoms with Crippen LogP contribution in [-0.4, -0.2) is 64.9 Å². The molecule has 0 aromatic heterocycles. The summed E-state index contributed by atoms with van der Waals surface area (Å²) in [5, 5.41) is 34.6. The first kappa shape index (κ1) is 47.0. The highest BCUT2D eigenvalue weighted by molar-refractivity contribution is 6.03. The average molecular weight is 900 g/mol. The number of aliphatic hydroxyl groups is 2. The summed E-state index contributed by atoms with van der Waals surface area (Å²) in [6.07, 6.45) is 9.61. The van der Waals surface area contributed by atoms with Crippen LogP contribution in [0.25, 0.3) is 11.1 Å². The van der Waals surface area contributed by atoms with Gasteiger partial charge in [-0.15, -0.1) is 6.58 Å². The molecule has 8 rings (SSSR count). The third kappa shape index (κ3) is 10.4. The Kier molecular flexibility index (Phi) is 15.7. The van der Waals surface area contributed by atoms with E-state index in [1.807, 2.05) is 84.6 Å². The lowest BCUT2D eigenvalue weighted by Crippen LogP contribution is -2.70. The van der Waals surface area contributed by atoms with E-state index in [-0.39, 0.29) is 56.5 Å². The molecule has 1 amide bonds. The summed E-state index contributed by atoms with van der Waals surface area (Å²) >= 11 is 0. The molecule has 10 nitrogen and oxygen atoms in total. The number of carbonyl (C=O) groups is 1. The quantitative estimate of drug-likeness (QED) is 0.0422. The van der Waals surface area contributed by atoms with Gasteiger partial charge in [-0.1, -0.05) is 110 Å². The number of fused-ring (bicyclic) bond motifs is 2. The summed E-state index contributed by atoms with van der Waals surface area (Å²) in [5.74, 6) is -0.181. The van der Waals surface area contributed by atoms with E-state index in [9.17, 15) is 15.5 Å². The molecule has 6 unspecified atom stereocenters. The topological polar surface area (TPSA) is 134 Å². The standard InChI is InChI=1S/C57H61N3O7/c1-3-31-60(56(63)44-23-21-40(38-58)22-24-44)53-37-51(59-65-39-41-15-7-5-8-16-41)49-35-45(19-11-13-32-61)48(20-12-14-33-62)54-50-36-47(29-30-52(50)67-57(53,55(49)54)64-34-4-2)66-46-27-25-43(26-28-46)42-17-9-6-10-18-42/h4-10,15-18,21-30,35-36,45,48,53-55,61-62H,2-3,11-14,19-20,31-34,37,39H2,1H3. The van der Waals surface area contributed by atoms with Crippen molar-refractivity contribution in [2.45, 2.75) is 82.6 Å². The lowest BCUT2D eigenvalue weighted by Gasteiger charge is -2.60. The molecule has 2 aliphatic carbocycles. The second-order valence-corrected chi connectivity index (χ2v) is 17.7. The van der Waals surface area contributed by atoms with Crippen molar-refractivity contribution in [3.63, 3.8) is 0 Å². The number of aliphatic hydroxyl groups excluding tert-OH is 2. The number of oxime groups is 1. The van der Waals surface area contributed by atoms with E-state index in [0.29, 0.717) is 54.2 Å². The number of hydrogen-bond acceptors (Lipinski definition) is 9. The summed E-state index contributed by atoms with van der Waals surface area (Å²) in [6, 6.07) is 42.5. The Morgan fingerprint density at radius 1 is 0.881 bits per heavy atom. The summed E-state index contributed by atoms with van der Waals surface area (Å²) in [5.41, 5.74) is 6.76. The second-order valence-electron chi connectivity index (χ2n) is 17.7. The molecule has 346 valence electrons. The minimum absolute atomic E-state index is 0.0489. The number of allylic oxidation sites excluding steroid dienone is 1. The molecule has 1 saturated carbocycles. The minimum Gasteiger partial charge on any atom is -0.459 e. The predicted molar refractivity (Wildman–Crippen MR) is 261 cm³/mol. The van der Waals surface area contributed by atoms with Gasteiger partial charge < -0.3 is 34.2 Å². The predicted octanol–water partition coefficient (Wildman–Crippen LogP) is 11.4. The normalized spacial score (nSPS) is 22.0. The molecule has 5 aromatic carbocycles. The first-order chi connectivity index (χ1) is 32.9. The highest BCUT2D eigenvalue weighted by Gasteiger charge is 2.65. The summed E-state index contributed by atoms with van der Waals surface area (Å²) < 4.78 is 21.3. The molecule has 0 radical (unpaired) electrons. The van der Waals surface area contributed by atoms with Crippen molar-refractivity contribution in [2.24, 2.45) is 22.9 Å². The van der Waals surface area contributed by atoms with Gasteiger partial charge in [0.15, 0.2) is 0 Å². The van der Waals surface area contributed by atoms with Crippen molar-refractivity contribution in [1.82, 2.24) is 4.90 Å². The SMILES string of the molecule is C=CCOC12Oc3ccc(Oc4ccc(-c5ccccc5)cc4)cc3C3C(CCCCO)C(CCCCO)C=C(C(=NOCc4ccccc4)CC1N(CCC)C(=O)c1ccc(C#N)cc1)C32. The Hall–Kier alpha value is -6.51. The number of rotatable bonds is 21. The number of unbranched alkanes of at least 4 members (excludes halogenated alkanes) is 2. The molecule has 0 bridgehead atoms. The molecule has 3 aliphatic rings. The van der Waals surface area contributed by atoms with Crippen LogP contribution in [0, 0.1) is 29.1 Å². The largest absolute Gasteiger partial charge is 0.459 e. The molecule has 1 fully saturated rings. The maximum atomic E-state index is 15.0. The fraction of sp³-hybridized carbons (Fsp3) is 0.351. The highest BCUT2D eigenvalue weighted by Crippen LogP contribution is 2.62. The maximum Gasteiger partial charge on any atom is 0.254 e. The van der Waals surface area contributed by atoms with E-state index in [1.54, 1.807) is 30.3 Å². The number of hydrogen-bond donors (Lipinski definition) is 2. The minimum atomic E-state index is -1.41. The Morgan fingerprint density at radius 2 is 1.57 bits per heavy atom. The van der Waals surface area contributed by atoms with Crippen molar-refractivity contribution in [3.8, 4) is 34.4 Å². The fourth-order valence-electron chi connectivity index (χ4n) is 10.4. The zero-order chi connectivity index (χ0) is 46.6. The van der Waals surface area contributed by atoms with E-state index in [0.717, 1.165) is 59.2 Å². The van der Waals surface area contributed by atoms with Crippen LogP contribution in [0.4, 0.5) is 0 Å². The lowest BCUT2D eigenvalue weighted by molar-refractivity contribution is -0.254. The monoisotopic (exact) mass is 899 g/mol. The number of amides is 1. The van der Waals surface area contributed by atoms with Crippen LogP contribution in [0.15, 0.2) is 157 Å². The van der Waals surface area contributed by atoms with Gasteiger partial charge in [0, 0.05) is 43.2 Å². The molecule has 0 spiro atoms. The van der Waals surface area contributed by atoms with Crippen molar-refractivity contribution in [3.05, 3.63) is 174 Å². The van der Waals surface area contributed by atoms with E-state index >= 15 is 4.79 Å². The Bertz CT molecular complexity index is 2540. The molecule has 67 heavy (non-hydrogen) atoms. The van der Waals surface area contributed by atoms with Gasteiger partial charge >= 0.3 is 0 Å². The molecule has 10 heteroatoms. The molecule has 5 aromatic rings. The molecular formula is C57H61N3O7. The van der Waals surface area contributed by atoms with Gasteiger partial charge in [0.25, 0.3) is 5.91 Å². The van der Waals surface area contributed by atoms with Crippen LogP contribution < -0.4 is 9.47 Å². The van der Waals surface area contributed by atoms with Gasteiger partial charge in [-0.25, -0.2) is 0 Å². The van der Waals surface area contributed by atoms with Gasteiger partial charge in [-0.05, 0) is 121 Å². The van der Waals surface area contributed by atoms with Gasteiger partial charge in [-0.2, -0.15) is 5.26 Å². The number of ether oxygens (including phenoxy) is 3. The van der Waals surface area contributed by atoms with Crippen molar-refractivity contribution >= 4 is 11.6 Å². The zero-order valence-corrected chi connectivity index (χ0v) is 38.3. The summed E-state index contributed by atoms with van der Waals surface area (Å²) in [4.78, 5) is 23.2. The van der Waals surface area contributed by atoms with E-state index in [1.165, 1.54) is 0 Å². The molecular weight excluding hydrogens is 839 g/mol. The van der Waals surface area contributed by atoms with Gasteiger partial charge in [-0.3, -0.25) is 4.79 Å². The smallest absolute Gasteiger partial charge is 0.254 e. The zero-order valence-electron chi connectivity index (χ0n) is 38.3. The van der Waals surface area contributed by atoms with Crippen molar-refractivity contribution in [1.29, 1.82) is 5.26 Å². The van der Waals surface area contributed by atoms with Gasteiger partial charge in [0.2, 0.25) is 5.79 Å². The molecule has 2 N–H and O–H groups in total. The number of benzene rings is 5. The second kappa shape index (κ2) is 22.3. The fourth-order valence-corrected chi connectivity index (χ4v) is 10.4. The van der Waals surface area contributed by atoms with E-state index in [4.69, 9.17) is 24.2 Å². The number of nitriles is 1. The van der Waals surface area contributed by atoms with Crippen LogP contribution in [-0.2, 0) is 16.2 Å². The maximum absolute atomic E-state index is 15.0. The third-order valence-corrected chi connectivity index (χ3v) is 13.5. The van der Waals surface area contributed by atoms with Crippen LogP contribution >= 0.6 is 0 Å². The van der Waals surface area contributed by atoms with E-state index < -0.39 is 17.7 Å². The van der Waals surface area contributed by atoms with Crippen LogP contribution in [0.1, 0.15) is 91.3 Å². The molecule has 1 heterocycles. The number of nitrogens with zero attached hydrogens (tertiary/aromatic N) is 3. The van der Waals surface area contributed by atoms with Crippen molar-refractivity contribution < 1.29 is 34.1 Å². The molecule has 1 aliphatic heterocycles. The average Bonchev–Trinajstić information content (AvgIpc) is 3.37.